The SMILES string of the molecule is C[C@H](CNC(=O)OC(C)(C)C)[C@H](CN)NC(=O)OC(C)(C)C. The molecule has 2 amide bonds. The number of nitrogens with two attached hydrogens (primary N) is 1. The average Bonchev–Trinajstić information content (AvgIpc) is 2.28. The summed E-state index contributed by atoms with van der Waals surface area (Å²) >= 11 is 0. The molecule has 0 spiro atoms. The van der Waals surface area contributed by atoms with Crippen molar-refractivity contribution >= 4 is 12.2 Å². The molecule has 0 saturated heterocycles. The highest BCUT2D eigenvalue weighted by Gasteiger charge is 2.23. The lowest BCUT2D eigenvalue weighted by atomic mass is 10.0. The number of hydrogen-bond donors (Lipinski definition) is 3. The molecule has 0 rings (SSSR count). The third kappa shape index (κ3) is 10.3. The minimum absolute atomic E-state index is 0.0648. The number of rotatable bonds is 5. The molecule has 0 aromatic heterocycles. The van der Waals surface area contributed by atoms with Crippen LogP contribution in [0.5, 0.6) is 0 Å². The van der Waals surface area contributed by atoms with E-state index >= 15 is 0 Å². The summed E-state index contributed by atoms with van der Waals surface area (Å²) in [6.45, 7) is 13.2. The van der Waals surface area contributed by atoms with Gasteiger partial charge in [0, 0.05) is 19.1 Å². The molecular weight excluding hydrogens is 286 g/mol. The molecular formula is C15H31N3O4. The number of carbonyl (C=O) groups excluding carboxylic acids is 2. The lowest BCUT2D eigenvalue weighted by molar-refractivity contribution is 0.0482. The maximum absolute atomic E-state index is 11.8. The van der Waals surface area contributed by atoms with E-state index in [9.17, 15) is 9.59 Å². The van der Waals surface area contributed by atoms with Gasteiger partial charge in [-0.05, 0) is 47.5 Å². The molecule has 0 radical (unpaired) electrons. The predicted octanol–water partition coefficient (Wildman–Crippen LogP) is 2.00. The van der Waals surface area contributed by atoms with E-state index in [1.165, 1.54) is 0 Å². The van der Waals surface area contributed by atoms with Gasteiger partial charge >= 0.3 is 12.2 Å². The maximum atomic E-state index is 11.8. The third-order valence-electron chi connectivity index (χ3n) is 2.61. The van der Waals surface area contributed by atoms with Gasteiger partial charge in [0.2, 0.25) is 0 Å². The van der Waals surface area contributed by atoms with E-state index in [1.807, 2.05) is 6.92 Å². The van der Waals surface area contributed by atoms with Crippen LogP contribution >= 0.6 is 0 Å². The zero-order valence-electron chi connectivity index (χ0n) is 14.8. The number of hydrogen-bond acceptors (Lipinski definition) is 5. The number of carbonyl (C=O) groups is 2. The van der Waals surface area contributed by atoms with Gasteiger partial charge in [0.1, 0.15) is 11.2 Å². The Labute approximate surface area is 133 Å². The van der Waals surface area contributed by atoms with E-state index in [-0.39, 0.29) is 18.5 Å². The van der Waals surface area contributed by atoms with Gasteiger partial charge in [0.25, 0.3) is 0 Å². The Morgan fingerprint density at radius 2 is 1.45 bits per heavy atom. The highest BCUT2D eigenvalue weighted by atomic mass is 16.6. The highest BCUT2D eigenvalue weighted by Crippen LogP contribution is 2.09. The quantitative estimate of drug-likeness (QED) is 0.719. The van der Waals surface area contributed by atoms with Crippen molar-refractivity contribution in [3.63, 3.8) is 0 Å². The molecule has 0 aliphatic rings. The van der Waals surface area contributed by atoms with Gasteiger partial charge in [-0.1, -0.05) is 6.92 Å². The maximum Gasteiger partial charge on any atom is 0.407 e. The first-order valence-corrected chi connectivity index (χ1v) is 7.50. The van der Waals surface area contributed by atoms with E-state index in [0.29, 0.717) is 6.54 Å². The molecule has 0 heterocycles. The van der Waals surface area contributed by atoms with Crippen LogP contribution in [-0.4, -0.2) is 42.5 Å². The highest BCUT2D eigenvalue weighted by molar-refractivity contribution is 5.68. The van der Waals surface area contributed by atoms with Crippen LogP contribution in [0.1, 0.15) is 48.5 Å². The molecule has 0 aliphatic heterocycles. The Kier molecular flexibility index (Phi) is 7.66. The number of nitrogens with one attached hydrogen (secondary N) is 2. The second-order valence-corrected chi connectivity index (χ2v) is 7.35. The van der Waals surface area contributed by atoms with Crippen molar-refractivity contribution in [1.82, 2.24) is 10.6 Å². The van der Waals surface area contributed by atoms with Crippen molar-refractivity contribution in [2.75, 3.05) is 13.1 Å². The van der Waals surface area contributed by atoms with Crippen LogP contribution in [-0.2, 0) is 9.47 Å². The summed E-state index contributed by atoms with van der Waals surface area (Å²) in [4.78, 5) is 23.4. The summed E-state index contributed by atoms with van der Waals surface area (Å²) in [5, 5.41) is 5.38. The van der Waals surface area contributed by atoms with Crippen molar-refractivity contribution in [2.45, 2.75) is 65.7 Å². The molecule has 22 heavy (non-hydrogen) atoms. The zero-order valence-corrected chi connectivity index (χ0v) is 14.8. The lowest BCUT2D eigenvalue weighted by Gasteiger charge is -2.27. The van der Waals surface area contributed by atoms with E-state index in [0.717, 1.165) is 0 Å². The van der Waals surface area contributed by atoms with Gasteiger partial charge in [-0.2, -0.15) is 0 Å². The normalized spacial score (nSPS) is 14.7. The minimum Gasteiger partial charge on any atom is -0.444 e. The van der Waals surface area contributed by atoms with Crippen LogP contribution in [0.3, 0.4) is 0 Å². The minimum atomic E-state index is -0.568. The molecule has 0 saturated carbocycles. The fourth-order valence-corrected chi connectivity index (χ4v) is 1.59. The fourth-order valence-electron chi connectivity index (χ4n) is 1.59. The zero-order chi connectivity index (χ0) is 17.6. The van der Waals surface area contributed by atoms with Crippen molar-refractivity contribution in [3.05, 3.63) is 0 Å². The van der Waals surface area contributed by atoms with E-state index in [2.05, 4.69) is 10.6 Å². The van der Waals surface area contributed by atoms with Crippen LogP contribution in [0.25, 0.3) is 0 Å². The summed E-state index contributed by atoms with van der Waals surface area (Å²) in [6.07, 6.45) is -1.01. The summed E-state index contributed by atoms with van der Waals surface area (Å²) in [7, 11) is 0. The first kappa shape index (κ1) is 20.5. The van der Waals surface area contributed by atoms with Crippen molar-refractivity contribution in [2.24, 2.45) is 11.7 Å². The van der Waals surface area contributed by atoms with Gasteiger partial charge in [0.05, 0.1) is 0 Å². The average molecular weight is 317 g/mol. The Bertz CT molecular complexity index is 372. The smallest absolute Gasteiger partial charge is 0.407 e. The summed E-state index contributed by atoms with van der Waals surface area (Å²) < 4.78 is 10.3. The van der Waals surface area contributed by atoms with Gasteiger partial charge in [-0.15, -0.1) is 0 Å². The molecule has 0 bridgehead atoms. The standard InChI is InChI=1S/C15H31N3O4/c1-10(9-17-12(19)21-14(2,3)4)11(8-16)18-13(20)22-15(5,6)7/h10-11H,8-9,16H2,1-7H3,(H,17,19)(H,18,20)/t10-,11+/m1/s1. The predicted molar refractivity (Wildman–Crippen MR) is 85.6 cm³/mol. The van der Waals surface area contributed by atoms with Crippen LogP contribution < -0.4 is 16.4 Å². The largest absolute Gasteiger partial charge is 0.444 e. The Hall–Kier alpha value is -1.50. The van der Waals surface area contributed by atoms with Gasteiger partial charge in [-0.25, -0.2) is 9.59 Å². The monoisotopic (exact) mass is 317 g/mol. The first-order valence-electron chi connectivity index (χ1n) is 7.50. The second-order valence-electron chi connectivity index (χ2n) is 7.35. The number of ether oxygens (including phenoxy) is 2. The van der Waals surface area contributed by atoms with Crippen molar-refractivity contribution in [1.29, 1.82) is 0 Å². The molecule has 130 valence electrons. The molecule has 0 aliphatic carbocycles. The molecule has 7 heteroatoms. The van der Waals surface area contributed by atoms with E-state index in [1.54, 1.807) is 41.5 Å². The molecule has 4 N–H and O–H groups in total. The molecule has 7 nitrogen and oxygen atoms in total. The van der Waals surface area contributed by atoms with Gasteiger partial charge in [-0.3, -0.25) is 0 Å². The summed E-state index contributed by atoms with van der Waals surface area (Å²) in [6, 6.07) is -0.301. The molecule has 0 fully saturated rings. The van der Waals surface area contributed by atoms with Crippen LogP contribution in [0.15, 0.2) is 0 Å². The van der Waals surface area contributed by atoms with E-state index < -0.39 is 23.4 Å². The first-order chi connectivity index (χ1) is 9.84. The third-order valence-corrected chi connectivity index (χ3v) is 2.61. The van der Waals surface area contributed by atoms with Gasteiger partial charge < -0.3 is 25.8 Å². The van der Waals surface area contributed by atoms with Crippen LogP contribution in [0, 0.1) is 5.92 Å². The molecule has 2 atom stereocenters. The molecule has 0 unspecified atom stereocenters. The van der Waals surface area contributed by atoms with E-state index in [4.69, 9.17) is 15.2 Å². The topological polar surface area (TPSA) is 103 Å². The van der Waals surface area contributed by atoms with Crippen LogP contribution in [0.2, 0.25) is 0 Å². The Morgan fingerprint density at radius 3 is 1.86 bits per heavy atom. The summed E-state index contributed by atoms with van der Waals surface area (Å²) in [5.74, 6) is -0.0648. The Balaban J connectivity index is 4.33. The Morgan fingerprint density at radius 1 is 1.00 bits per heavy atom. The molecule has 0 aromatic carbocycles. The fraction of sp³-hybridized carbons (Fsp3) is 0.867. The lowest BCUT2D eigenvalue weighted by Crippen LogP contribution is -2.49. The summed E-state index contributed by atoms with van der Waals surface area (Å²) in [5.41, 5.74) is 4.57. The number of alkyl carbamates (subject to hydrolysis) is 2. The van der Waals surface area contributed by atoms with Gasteiger partial charge in [0.15, 0.2) is 0 Å². The number of amides is 2. The van der Waals surface area contributed by atoms with Crippen molar-refractivity contribution in [3.8, 4) is 0 Å². The second kappa shape index (κ2) is 8.22. The van der Waals surface area contributed by atoms with Crippen LogP contribution in [0.4, 0.5) is 9.59 Å². The molecule has 0 aromatic rings. The van der Waals surface area contributed by atoms with Crippen molar-refractivity contribution < 1.29 is 19.1 Å².